The number of hydrogen-bond donors (Lipinski definition) is 3. The normalized spacial score (nSPS) is 22.3. The molecule has 1 saturated carbocycles. The molecule has 0 radical (unpaired) electrons. The standard InChI is InChI=1S/C19H30F2N4O/c1-4-22-19(24-13-8-10-14(26)11-9-13)23-12-17(25(2)3)18-15(20)6-5-7-16(18)21/h5-7,13-14,17,26H,4,8-12H2,1-3H3,(H2,22,23,24). The van der Waals surface area contributed by atoms with Crippen LogP contribution in [0.3, 0.4) is 0 Å². The molecule has 0 bridgehead atoms. The number of guanidine groups is 1. The van der Waals surface area contributed by atoms with E-state index in [2.05, 4.69) is 15.6 Å². The molecule has 2 rings (SSSR count). The second kappa shape index (κ2) is 9.83. The molecule has 0 aromatic heterocycles. The van der Waals surface area contributed by atoms with Gasteiger partial charge in [-0.25, -0.2) is 8.78 Å². The van der Waals surface area contributed by atoms with E-state index < -0.39 is 17.7 Å². The van der Waals surface area contributed by atoms with Gasteiger partial charge in [-0.3, -0.25) is 4.99 Å². The summed E-state index contributed by atoms with van der Waals surface area (Å²) in [4.78, 5) is 6.33. The highest BCUT2D eigenvalue weighted by Gasteiger charge is 2.23. The number of benzene rings is 1. The number of aliphatic hydroxyl groups is 1. The van der Waals surface area contributed by atoms with Crippen LogP contribution in [0.4, 0.5) is 8.78 Å². The van der Waals surface area contributed by atoms with Crippen LogP contribution >= 0.6 is 0 Å². The molecule has 26 heavy (non-hydrogen) atoms. The van der Waals surface area contributed by atoms with E-state index in [0.29, 0.717) is 12.5 Å². The number of rotatable bonds is 6. The minimum absolute atomic E-state index is 0.0397. The Bertz CT molecular complexity index is 581. The Kier molecular flexibility index (Phi) is 7.78. The Morgan fingerprint density at radius 3 is 2.38 bits per heavy atom. The minimum Gasteiger partial charge on any atom is -0.393 e. The fraction of sp³-hybridized carbons (Fsp3) is 0.632. The van der Waals surface area contributed by atoms with Crippen molar-refractivity contribution < 1.29 is 13.9 Å². The summed E-state index contributed by atoms with van der Waals surface area (Å²) in [7, 11) is 3.57. The number of nitrogens with one attached hydrogen (secondary N) is 2. The van der Waals surface area contributed by atoms with E-state index in [-0.39, 0.29) is 24.3 Å². The predicted molar refractivity (Wildman–Crippen MR) is 100 cm³/mol. The molecule has 0 heterocycles. The largest absolute Gasteiger partial charge is 0.393 e. The van der Waals surface area contributed by atoms with Crippen molar-refractivity contribution in [3.8, 4) is 0 Å². The van der Waals surface area contributed by atoms with Crippen LogP contribution in [0.25, 0.3) is 0 Å². The molecule has 0 amide bonds. The van der Waals surface area contributed by atoms with Gasteiger partial charge in [-0.2, -0.15) is 0 Å². The van der Waals surface area contributed by atoms with Gasteiger partial charge >= 0.3 is 0 Å². The van der Waals surface area contributed by atoms with Crippen LogP contribution in [0.5, 0.6) is 0 Å². The summed E-state index contributed by atoms with van der Waals surface area (Å²) in [6.45, 7) is 2.90. The highest BCUT2D eigenvalue weighted by Crippen LogP contribution is 2.25. The van der Waals surface area contributed by atoms with Crippen LogP contribution in [-0.2, 0) is 0 Å². The van der Waals surface area contributed by atoms with E-state index in [1.54, 1.807) is 19.0 Å². The molecule has 5 nitrogen and oxygen atoms in total. The molecule has 7 heteroatoms. The van der Waals surface area contributed by atoms with Crippen molar-refractivity contribution in [3.63, 3.8) is 0 Å². The third-order valence-corrected chi connectivity index (χ3v) is 4.76. The second-order valence-electron chi connectivity index (χ2n) is 6.98. The Hall–Kier alpha value is -1.73. The monoisotopic (exact) mass is 368 g/mol. The first-order valence-corrected chi connectivity index (χ1v) is 9.25. The number of nitrogens with zero attached hydrogens (tertiary/aromatic N) is 2. The van der Waals surface area contributed by atoms with Gasteiger partial charge in [0.1, 0.15) is 11.6 Å². The molecular formula is C19H30F2N4O. The molecule has 1 atom stereocenters. The van der Waals surface area contributed by atoms with Gasteiger partial charge in [0.05, 0.1) is 18.7 Å². The lowest BCUT2D eigenvalue weighted by molar-refractivity contribution is 0.120. The fourth-order valence-electron chi connectivity index (χ4n) is 3.25. The van der Waals surface area contributed by atoms with Crippen molar-refractivity contribution >= 4 is 5.96 Å². The van der Waals surface area contributed by atoms with Crippen molar-refractivity contribution in [2.75, 3.05) is 27.2 Å². The van der Waals surface area contributed by atoms with Gasteiger partial charge in [0.2, 0.25) is 0 Å². The number of hydrogen-bond acceptors (Lipinski definition) is 3. The van der Waals surface area contributed by atoms with Crippen LogP contribution < -0.4 is 10.6 Å². The van der Waals surface area contributed by atoms with E-state index in [1.807, 2.05) is 6.92 Å². The molecule has 0 spiro atoms. The van der Waals surface area contributed by atoms with Crippen LogP contribution in [0.15, 0.2) is 23.2 Å². The van der Waals surface area contributed by atoms with Gasteiger partial charge in [-0.1, -0.05) is 6.07 Å². The zero-order valence-corrected chi connectivity index (χ0v) is 15.8. The molecule has 1 aliphatic rings. The molecule has 0 saturated heterocycles. The lowest BCUT2D eigenvalue weighted by Crippen LogP contribution is -2.45. The number of aliphatic imine (C=N–C) groups is 1. The molecule has 1 aromatic carbocycles. The summed E-state index contributed by atoms with van der Waals surface area (Å²) in [6, 6.07) is 3.66. The maximum atomic E-state index is 14.2. The van der Waals surface area contributed by atoms with Gasteiger partial charge in [0.25, 0.3) is 0 Å². The van der Waals surface area contributed by atoms with Crippen LogP contribution in [0, 0.1) is 11.6 Å². The van der Waals surface area contributed by atoms with Gasteiger partial charge in [0.15, 0.2) is 5.96 Å². The molecule has 3 N–H and O–H groups in total. The highest BCUT2D eigenvalue weighted by molar-refractivity contribution is 5.80. The summed E-state index contributed by atoms with van der Waals surface area (Å²) >= 11 is 0. The molecule has 1 aliphatic carbocycles. The Morgan fingerprint density at radius 2 is 1.85 bits per heavy atom. The summed E-state index contributed by atoms with van der Waals surface area (Å²) in [5.74, 6) is -0.478. The van der Waals surface area contributed by atoms with Crippen molar-refractivity contribution in [1.82, 2.24) is 15.5 Å². The lowest BCUT2D eigenvalue weighted by atomic mass is 9.93. The van der Waals surface area contributed by atoms with Crippen LogP contribution in [0.1, 0.15) is 44.2 Å². The first kappa shape index (κ1) is 20.6. The summed E-state index contributed by atoms with van der Waals surface area (Å²) in [6.07, 6.45) is 3.10. The maximum absolute atomic E-state index is 14.2. The molecule has 146 valence electrons. The van der Waals surface area contributed by atoms with E-state index in [4.69, 9.17) is 0 Å². The summed E-state index contributed by atoms with van der Waals surface area (Å²) < 4.78 is 28.3. The maximum Gasteiger partial charge on any atom is 0.191 e. The Balaban J connectivity index is 2.12. The van der Waals surface area contributed by atoms with Crippen LogP contribution in [0.2, 0.25) is 0 Å². The Morgan fingerprint density at radius 1 is 1.23 bits per heavy atom. The first-order chi connectivity index (χ1) is 12.4. The predicted octanol–water partition coefficient (Wildman–Crippen LogP) is 2.43. The smallest absolute Gasteiger partial charge is 0.191 e. The lowest BCUT2D eigenvalue weighted by Gasteiger charge is -2.28. The SMILES string of the molecule is CCNC(=NCC(c1c(F)cccc1F)N(C)C)NC1CCC(O)CC1. The third-order valence-electron chi connectivity index (χ3n) is 4.76. The quantitative estimate of drug-likeness (QED) is 0.533. The number of halogens is 2. The average Bonchev–Trinajstić information content (AvgIpc) is 2.59. The van der Waals surface area contributed by atoms with Crippen molar-refractivity contribution in [3.05, 3.63) is 35.4 Å². The third kappa shape index (κ3) is 5.64. The van der Waals surface area contributed by atoms with Crippen LogP contribution in [-0.4, -0.2) is 55.3 Å². The summed E-state index contributed by atoms with van der Waals surface area (Å²) in [5.41, 5.74) is 0.0397. The zero-order chi connectivity index (χ0) is 19.1. The van der Waals surface area contributed by atoms with E-state index in [1.165, 1.54) is 18.2 Å². The van der Waals surface area contributed by atoms with E-state index >= 15 is 0 Å². The van der Waals surface area contributed by atoms with Gasteiger partial charge < -0.3 is 20.6 Å². The average molecular weight is 368 g/mol. The number of likely N-dealkylation sites (N-methyl/N-ethyl adjacent to an activating group) is 1. The van der Waals surface area contributed by atoms with E-state index in [0.717, 1.165) is 25.7 Å². The highest BCUT2D eigenvalue weighted by atomic mass is 19.1. The van der Waals surface area contributed by atoms with Gasteiger partial charge in [0, 0.05) is 18.2 Å². The minimum atomic E-state index is -0.557. The molecule has 1 aromatic rings. The number of aliphatic hydroxyl groups excluding tert-OH is 1. The summed E-state index contributed by atoms with van der Waals surface area (Å²) in [5, 5.41) is 16.2. The zero-order valence-electron chi connectivity index (χ0n) is 15.8. The van der Waals surface area contributed by atoms with Crippen molar-refractivity contribution in [2.45, 2.75) is 50.8 Å². The van der Waals surface area contributed by atoms with E-state index in [9.17, 15) is 13.9 Å². The van der Waals surface area contributed by atoms with Crippen molar-refractivity contribution in [2.24, 2.45) is 4.99 Å². The molecule has 1 unspecified atom stereocenters. The second-order valence-corrected chi connectivity index (χ2v) is 6.98. The fourth-order valence-corrected chi connectivity index (χ4v) is 3.25. The molecule has 1 fully saturated rings. The first-order valence-electron chi connectivity index (χ1n) is 9.25. The van der Waals surface area contributed by atoms with Gasteiger partial charge in [-0.15, -0.1) is 0 Å². The molecule has 0 aliphatic heterocycles. The topological polar surface area (TPSA) is 59.9 Å². The molecular weight excluding hydrogens is 338 g/mol. The van der Waals surface area contributed by atoms with Crippen molar-refractivity contribution in [1.29, 1.82) is 0 Å². The Labute approximate surface area is 154 Å². The van der Waals surface area contributed by atoms with Gasteiger partial charge in [-0.05, 0) is 58.8 Å².